The molecular formula is C20H24ClNO2S. The zero-order valence-corrected chi connectivity index (χ0v) is 16.4. The van der Waals surface area contributed by atoms with E-state index in [-0.39, 0.29) is 11.5 Å². The first-order valence-electron chi connectivity index (χ1n) is 8.58. The van der Waals surface area contributed by atoms with Crippen LogP contribution in [0.4, 0.5) is 0 Å². The van der Waals surface area contributed by atoms with Gasteiger partial charge in [0.1, 0.15) is 0 Å². The number of rotatable bonds is 3. The molecule has 1 saturated heterocycles. The average molecular weight is 378 g/mol. The monoisotopic (exact) mass is 377 g/mol. The highest BCUT2D eigenvalue weighted by atomic mass is 35.5. The van der Waals surface area contributed by atoms with Crippen molar-refractivity contribution < 1.29 is 8.42 Å². The van der Waals surface area contributed by atoms with Crippen molar-refractivity contribution in [2.75, 3.05) is 6.54 Å². The highest BCUT2D eigenvalue weighted by Gasteiger charge is 2.37. The topological polar surface area (TPSA) is 37.4 Å². The molecule has 0 saturated carbocycles. The Morgan fingerprint density at radius 2 is 1.68 bits per heavy atom. The summed E-state index contributed by atoms with van der Waals surface area (Å²) in [7, 11) is -3.54. The number of sulfonamides is 1. The number of halogens is 1. The van der Waals surface area contributed by atoms with Gasteiger partial charge in [-0.2, -0.15) is 4.31 Å². The molecule has 0 spiro atoms. The zero-order chi connectivity index (χ0) is 18.2. The third kappa shape index (κ3) is 3.62. The van der Waals surface area contributed by atoms with E-state index in [1.54, 1.807) is 16.4 Å². The van der Waals surface area contributed by atoms with Gasteiger partial charge in [-0.3, -0.25) is 0 Å². The van der Waals surface area contributed by atoms with Crippen LogP contribution in [0, 0.1) is 0 Å². The maximum Gasteiger partial charge on any atom is 0.243 e. The van der Waals surface area contributed by atoms with Crippen molar-refractivity contribution in [2.24, 2.45) is 0 Å². The molecule has 2 aromatic carbocycles. The van der Waals surface area contributed by atoms with Crippen LogP contribution in [0.3, 0.4) is 0 Å². The predicted molar refractivity (Wildman–Crippen MR) is 102 cm³/mol. The zero-order valence-electron chi connectivity index (χ0n) is 14.9. The molecule has 25 heavy (non-hydrogen) atoms. The van der Waals surface area contributed by atoms with Crippen molar-refractivity contribution in [1.82, 2.24) is 4.31 Å². The molecule has 1 heterocycles. The third-order valence-electron chi connectivity index (χ3n) is 4.79. The van der Waals surface area contributed by atoms with E-state index in [9.17, 15) is 8.42 Å². The van der Waals surface area contributed by atoms with Gasteiger partial charge in [-0.15, -0.1) is 0 Å². The first-order chi connectivity index (χ1) is 11.7. The SMILES string of the molecule is CC(C)(C)c1ccc(S(=O)(=O)N2CCC[C@@H]2c2ccccc2Cl)cc1. The van der Waals surface area contributed by atoms with Gasteiger partial charge >= 0.3 is 0 Å². The Balaban J connectivity index is 1.95. The minimum Gasteiger partial charge on any atom is -0.207 e. The van der Waals surface area contributed by atoms with Gasteiger partial charge in [0.15, 0.2) is 0 Å². The van der Waals surface area contributed by atoms with E-state index >= 15 is 0 Å². The van der Waals surface area contributed by atoms with E-state index in [2.05, 4.69) is 20.8 Å². The fourth-order valence-electron chi connectivity index (χ4n) is 3.35. The number of nitrogens with zero attached hydrogens (tertiary/aromatic N) is 1. The summed E-state index contributed by atoms with van der Waals surface area (Å²) >= 11 is 6.32. The fourth-order valence-corrected chi connectivity index (χ4v) is 5.28. The second kappa shape index (κ2) is 6.75. The minimum atomic E-state index is -3.54. The van der Waals surface area contributed by atoms with Crippen LogP contribution < -0.4 is 0 Å². The minimum absolute atomic E-state index is 0.00393. The van der Waals surface area contributed by atoms with Gasteiger partial charge < -0.3 is 0 Å². The summed E-state index contributed by atoms with van der Waals surface area (Å²) in [5.74, 6) is 0. The van der Waals surface area contributed by atoms with Crippen LogP contribution in [0.1, 0.15) is 50.8 Å². The molecule has 0 bridgehead atoms. The van der Waals surface area contributed by atoms with Gasteiger partial charge in [0.25, 0.3) is 0 Å². The quantitative estimate of drug-likeness (QED) is 0.740. The Hall–Kier alpha value is -1.36. The van der Waals surface area contributed by atoms with Gasteiger partial charge in [-0.05, 0) is 47.6 Å². The number of hydrogen-bond acceptors (Lipinski definition) is 2. The lowest BCUT2D eigenvalue weighted by Gasteiger charge is -2.26. The van der Waals surface area contributed by atoms with Crippen LogP contribution in [0.2, 0.25) is 5.02 Å². The second-order valence-corrected chi connectivity index (χ2v) is 9.87. The molecule has 0 aliphatic carbocycles. The second-order valence-electron chi connectivity index (χ2n) is 7.57. The van der Waals surface area contributed by atoms with Gasteiger partial charge in [-0.1, -0.05) is 62.7 Å². The van der Waals surface area contributed by atoms with E-state index in [0.717, 1.165) is 24.0 Å². The van der Waals surface area contributed by atoms with Crippen molar-refractivity contribution in [1.29, 1.82) is 0 Å². The molecular weight excluding hydrogens is 354 g/mol. The van der Waals surface area contributed by atoms with Gasteiger partial charge in [-0.25, -0.2) is 8.42 Å². The molecule has 0 aromatic heterocycles. The van der Waals surface area contributed by atoms with E-state index in [1.807, 2.05) is 36.4 Å². The molecule has 3 nitrogen and oxygen atoms in total. The predicted octanol–water partition coefficient (Wildman–Crippen LogP) is 5.16. The summed E-state index contributed by atoms with van der Waals surface area (Å²) in [4.78, 5) is 0.347. The van der Waals surface area contributed by atoms with Crippen molar-refractivity contribution in [3.05, 3.63) is 64.7 Å². The smallest absolute Gasteiger partial charge is 0.207 e. The molecule has 5 heteroatoms. The summed E-state index contributed by atoms with van der Waals surface area (Å²) in [6, 6.07) is 14.6. The Morgan fingerprint density at radius 1 is 1.04 bits per heavy atom. The molecule has 0 radical (unpaired) electrons. The Kier molecular flexibility index (Phi) is 4.97. The van der Waals surface area contributed by atoms with Crippen LogP contribution in [-0.2, 0) is 15.4 Å². The fraction of sp³-hybridized carbons (Fsp3) is 0.400. The van der Waals surface area contributed by atoms with Crippen molar-refractivity contribution in [2.45, 2.75) is 50.0 Å². The highest BCUT2D eigenvalue weighted by Crippen LogP contribution is 2.39. The molecule has 134 valence electrons. The summed E-state index contributed by atoms with van der Waals surface area (Å²) in [5.41, 5.74) is 2.00. The van der Waals surface area contributed by atoms with Crippen LogP contribution in [-0.4, -0.2) is 19.3 Å². The van der Waals surface area contributed by atoms with Crippen molar-refractivity contribution in [3.8, 4) is 0 Å². The Bertz CT molecular complexity index is 854. The maximum absolute atomic E-state index is 13.2. The lowest BCUT2D eigenvalue weighted by molar-refractivity contribution is 0.397. The van der Waals surface area contributed by atoms with Crippen LogP contribution in [0.5, 0.6) is 0 Å². The standard InChI is InChI=1S/C20H24ClNO2S/c1-20(2,3)15-10-12-16(13-11-15)25(23,24)22-14-6-9-19(22)17-7-4-5-8-18(17)21/h4-5,7-8,10-13,19H,6,9,14H2,1-3H3/t19-/m1/s1. The van der Waals surface area contributed by atoms with E-state index in [4.69, 9.17) is 11.6 Å². The van der Waals surface area contributed by atoms with Crippen LogP contribution in [0.15, 0.2) is 53.4 Å². The summed E-state index contributed by atoms with van der Waals surface area (Å²) in [6.07, 6.45) is 1.64. The van der Waals surface area contributed by atoms with Crippen molar-refractivity contribution >= 4 is 21.6 Å². The largest absolute Gasteiger partial charge is 0.243 e. The van der Waals surface area contributed by atoms with Gasteiger partial charge in [0.2, 0.25) is 10.0 Å². The summed E-state index contributed by atoms with van der Waals surface area (Å²) in [5, 5.41) is 0.623. The lowest BCUT2D eigenvalue weighted by atomic mass is 9.87. The highest BCUT2D eigenvalue weighted by molar-refractivity contribution is 7.89. The number of benzene rings is 2. The number of hydrogen-bond donors (Lipinski definition) is 0. The molecule has 1 atom stereocenters. The molecule has 1 fully saturated rings. The Labute approximate surface area is 155 Å². The van der Waals surface area contributed by atoms with Gasteiger partial charge in [0.05, 0.1) is 10.9 Å². The molecule has 2 aromatic rings. The van der Waals surface area contributed by atoms with Gasteiger partial charge in [0, 0.05) is 11.6 Å². The first-order valence-corrected chi connectivity index (χ1v) is 10.4. The average Bonchev–Trinajstić information content (AvgIpc) is 3.05. The van der Waals surface area contributed by atoms with Crippen LogP contribution >= 0.6 is 11.6 Å². The molecule has 0 unspecified atom stereocenters. The summed E-state index contributed by atoms with van der Waals surface area (Å²) in [6.45, 7) is 6.87. The summed E-state index contributed by atoms with van der Waals surface area (Å²) < 4.78 is 27.9. The lowest BCUT2D eigenvalue weighted by Crippen LogP contribution is -2.31. The molecule has 0 N–H and O–H groups in total. The van der Waals surface area contributed by atoms with Crippen LogP contribution in [0.25, 0.3) is 0 Å². The maximum atomic E-state index is 13.2. The Morgan fingerprint density at radius 3 is 2.28 bits per heavy atom. The van der Waals surface area contributed by atoms with E-state index < -0.39 is 10.0 Å². The molecule has 1 aliphatic rings. The third-order valence-corrected chi connectivity index (χ3v) is 7.06. The van der Waals surface area contributed by atoms with Crippen molar-refractivity contribution in [3.63, 3.8) is 0 Å². The van der Waals surface area contributed by atoms with E-state index in [0.29, 0.717) is 16.5 Å². The first kappa shape index (κ1) is 18.4. The molecule has 3 rings (SSSR count). The molecule has 0 amide bonds. The van der Waals surface area contributed by atoms with E-state index in [1.165, 1.54) is 0 Å². The molecule has 1 aliphatic heterocycles. The normalized spacial score (nSPS) is 19.3.